The summed E-state index contributed by atoms with van der Waals surface area (Å²) >= 11 is 1.62. The molecule has 3 aromatic heterocycles. The standard InChI is InChI=1S/C19H21N5OS/c1-13-14-7-3-4-8-15(14)25-17(13)18-20-21-19-24(18)22-16(26-19)9-12-23-10-5-2-6-11-23/h3-4,7-8H,2,5-6,9-12H2,1H3. The first-order valence-corrected chi connectivity index (χ1v) is 10.0. The smallest absolute Gasteiger partial charge is 0.235 e. The molecule has 0 radical (unpaired) electrons. The molecule has 4 heterocycles. The van der Waals surface area contributed by atoms with E-state index in [2.05, 4.69) is 28.1 Å². The maximum absolute atomic E-state index is 6.05. The Morgan fingerprint density at radius 3 is 2.81 bits per heavy atom. The lowest BCUT2D eigenvalue weighted by atomic mass is 10.1. The number of piperidine rings is 1. The lowest BCUT2D eigenvalue weighted by molar-refractivity contribution is 0.231. The molecule has 1 fully saturated rings. The van der Waals surface area contributed by atoms with E-state index in [0.29, 0.717) is 5.82 Å². The highest BCUT2D eigenvalue weighted by atomic mass is 32.1. The molecule has 0 unspecified atom stereocenters. The summed E-state index contributed by atoms with van der Waals surface area (Å²) in [4.78, 5) is 3.37. The second-order valence-corrected chi connectivity index (χ2v) is 7.96. The van der Waals surface area contributed by atoms with Gasteiger partial charge in [-0.3, -0.25) is 0 Å². The van der Waals surface area contributed by atoms with Crippen molar-refractivity contribution in [1.29, 1.82) is 0 Å². The van der Waals surface area contributed by atoms with Gasteiger partial charge in [-0.15, -0.1) is 10.2 Å². The fourth-order valence-corrected chi connectivity index (χ4v) is 4.55. The Labute approximate surface area is 155 Å². The van der Waals surface area contributed by atoms with Crippen molar-refractivity contribution < 1.29 is 4.42 Å². The van der Waals surface area contributed by atoms with Crippen LogP contribution < -0.4 is 0 Å². The Hall–Kier alpha value is -2.25. The zero-order valence-electron chi connectivity index (χ0n) is 14.8. The molecule has 26 heavy (non-hydrogen) atoms. The van der Waals surface area contributed by atoms with Crippen LogP contribution in [0.5, 0.6) is 0 Å². The monoisotopic (exact) mass is 367 g/mol. The number of likely N-dealkylation sites (tertiary alicyclic amines) is 1. The van der Waals surface area contributed by atoms with E-state index < -0.39 is 0 Å². The lowest BCUT2D eigenvalue weighted by Crippen LogP contribution is -2.31. The van der Waals surface area contributed by atoms with Crippen molar-refractivity contribution in [2.75, 3.05) is 19.6 Å². The molecule has 6 nitrogen and oxygen atoms in total. The van der Waals surface area contributed by atoms with Gasteiger partial charge in [0.25, 0.3) is 0 Å². The number of furan rings is 1. The molecular formula is C19H21N5OS. The van der Waals surface area contributed by atoms with Crippen molar-refractivity contribution in [1.82, 2.24) is 24.7 Å². The van der Waals surface area contributed by atoms with Crippen LogP contribution in [0.3, 0.4) is 0 Å². The molecule has 0 amide bonds. The molecule has 0 atom stereocenters. The fourth-order valence-electron chi connectivity index (χ4n) is 3.72. The van der Waals surface area contributed by atoms with E-state index in [4.69, 9.17) is 9.52 Å². The largest absolute Gasteiger partial charge is 0.452 e. The Balaban J connectivity index is 1.45. The first-order valence-electron chi connectivity index (χ1n) is 9.21. The molecular weight excluding hydrogens is 346 g/mol. The predicted octanol–water partition coefficient (Wildman–Crippen LogP) is 3.94. The molecule has 1 aromatic carbocycles. The van der Waals surface area contributed by atoms with Crippen molar-refractivity contribution in [3.8, 4) is 11.6 Å². The summed E-state index contributed by atoms with van der Waals surface area (Å²) in [7, 11) is 0. The van der Waals surface area contributed by atoms with Crippen LogP contribution in [-0.4, -0.2) is 44.3 Å². The van der Waals surface area contributed by atoms with Crippen molar-refractivity contribution in [2.45, 2.75) is 32.6 Å². The van der Waals surface area contributed by atoms with Gasteiger partial charge in [0.2, 0.25) is 10.8 Å². The highest BCUT2D eigenvalue weighted by Gasteiger charge is 2.20. The number of hydrogen-bond donors (Lipinski definition) is 0. The van der Waals surface area contributed by atoms with E-state index in [1.807, 2.05) is 22.7 Å². The molecule has 0 aliphatic carbocycles. The molecule has 0 spiro atoms. The summed E-state index contributed by atoms with van der Waals surface area (Å²) in [5.41, 5.74) is 1.95. The summed E-state index contributed by atoms with van der Waals surface area (Å²) in [5, 5.41) is 15.6. The molecule has 5 rings (SSSR count). The third kappa shape index (κ3) is 2.71. The first-order chi connectivity index (χ1) is 12.8. The molecule has 4 aromatic rings. The minimum Gasteiger partial charge on any atom is -0.452 e. The molecule has 134 valence electrons. The zero-order valence-corrected chi connectivity index (χ0v) is 15.6. The molecule has 0 bridgehead atoms. The van der Waals surface area contributed by atoms with Gasteiger partial charge < -0.3 is 9.32 Å². The Morgan fingerprint density at radius 1 is 1.12 bits per heavy atom. The Kier molecular flexibility index (Phi) is 3.98. The van der Waals surface area contributed by atoms with Gasteiger partial charge in [0.1, 0.15) is 10.6 Å². The van der Waals surface area contributed by atoms with E-state index in [-0.39, 0.29) is 0 Å². The van der Waals surface area contributed by atoms with E-state index in [9.17, 15) is 0 Å². The van der Waals surface area contributed by atoms with Gasteiger partial charge in [-0.25, -0.2) is 0 Å². The van der Waals surface area contributed by atoms with E-state index in [0.717, 1.165) is 45.2 Å². The average molecular weight is 367 g/mol. The van der Waals surface area contributed by atoms with Crippen LogP contribution in [0.2, 0.25) is 0 Å². The SMILES string of the molecule is Cc1c(-c2nnc3sc(CCN4CCCCC4)nn23)oc2ccccc12. The number of fused-ring (bicyclic) bond motifs is 2. The molecule has 0 saturated carbocycles. The molecule has 1 aliphatic heterocycles. The first kappa shape index (κ1) is 16.0. The number of hydrogen-bond acceptors (Lipinski definition) is 6. The van der Waals surface area contributed by atoms with Crippen LogP contribution in [0.1, 0.15) is 29.8 Å². The lowest BCUT2D eigenvalue weighted by Gasteiger charge is -2.25. The second kappa shape index (κ2) is 6.48. The highest BCUT2D eigenvalue weighted by Crippen LogP contribution is 2.32. The van der Waals surface area contributed by atoms with E-state index in [1.54, 1.807) is 11.3 Å². The number of para-hydroxylation sites is 1. The molecule has 7 heteroatoms. The van der Waals surface area contributed by atoms with Crippen molar-refractivity contribution in [3.63, 3.8) is 0 Å². The van der Waals surface area contributed by atoms with E-state index in [1.165, 1.54) is 32.4 Å². The van der Waals surface area contributed by atoms with Crippen LogP contribution in [0, 0.1) is 6.92 Å². The van der Waals surface area contributed by atoms with Gasteiger partial charge in [-0.05, 0) is 38.9 Å². The Bertz CT molecular complexity index is 1060. The van der Waals surface area contributed by atoms with Gasteiger partial charge in [-0.1, -0.05) is 36.0 Å². The number of nitrogens with zero attached hydrogens (tertiary/aromatic N) is 5. The zero-order chi connectivity index (χ0) is 17.5. The van der Waals surface area contributed by atoms with Gasteiger partial charge in [0, 0.05) is 23.9 Å². The number of benzene rings is 1. The normalized spacial score (nSPS) is 16.0. The van der Waals surface area contributed by atoms with E-state index >= 15 is 0 Å². The Morgan fingerprint density at radius 2 is 1.96 bits per heavy atom. The van der Waals surface area contributed by atoms with Crippen molar-refractivity contribution in [3.05, 3.63) is 34.8 Å². The van der Waals surface area contributed by atoms with Crippen LogP contribution in [-0.2, 0) is 6.42 Å². The number of aryl methyl sites for hydroxylation is 1. The quantitative estimate of drug-likeness (QED) is 0.547. The summed E-state index contributed by atoms with van der Waals surface area (Å²) in [5.74, 6) is 1.45. The van der Waals surface area contributed by atoms with Gasteiger partial charge in [-0.2, -0.15) is 9.61 Å². The number of aromatic nitrogens is 4. The maximum Gasteiger partial charge on any atom is 0.235 e. The summed E-state index contributed by atoms with van der Waals surface area (Å²) < 4.78 is 7.88. The van der Waals surface area contributed by atoms with Crippen LogP contribution in [0.15, 0.2) is 28.7 Å². The van der Waals surface area contributed by atoms with Crippen molar-refractivity contribution >= 4 is 27.3 Å². The maximum atomic E-state index is 6.05. The summed E-state index contributed by atoms with van der Waals surface area (Å²) in [6, 6.07) is 8.06. The fraction of sp³-hybridized carbons (Fsp3) is 0.421. The van der Waals surface area contributed by atoms with Gasteiger partial charge in [0.05, 0.1) is 0 Å². The second-order valence-electron chi connectivity index (χ2n) is 6.92. The third-order valence-electron chi connectivity index (χ3n) is 5.17. The molecule has 0 N–H and O–H groups in total. The average Bonchev–Trinajstić information content (AvgIpc) is 3.34. The minimum atomic E-state index is 0.689. The van der Waals surface area contributed by atoms with Gasteiger partial charge in [0.15, 0.2) is 5.76 Å². The van der Waals surface area contributed by atoms with Crippen LogP contribution in [0.4, 0.5) is 0 Å². The summed E-state index contributed by atoms with van der Waals surface area (Å²) in [6.45, 7) is 5.57. The third-order valence-corrected chi connectivity index (χ3v) is 6.13. The topological polar surface area (TPSA) is 59.5 Å². The van der Waals surface area contributed by atoms with Gasteiger partial charge >= 0.3 is 0 Å². The molecule has 1 saturated heterocycles. The molecule has 1 aliphatic rings. The van der Waals surface area contributed by atoms with Crippen LogP contribution >= 0.6 is 11.3 Å². The predicted molar refractivity (Wildman–Crippen MR) is 103 cm³/mol. The summed E-state index contributed by atoms with van der Waals surface area (Å²) in [6.07, 6.45) is 4.97. The number of rotatable bonds is 4. The minimum absolute atomic E-state index is 0.689. The van der Waals surface area contributed by atoms with Crippen molar-refractivity contribution in [2.24, 2.45) is 0 Å². The highest BCUT2D eigenvalue weighted by molar-refractivity contribution is 7.16. The van der Waals surface area contributed by atoms with Crippen LogP contribution in [0.25, 0.3) is 27.5 Å².